The van der Waals surface area contributed by atoms with Gasteiger partial charge in [0.25, 0.3) is 0 Å². The minimum absolute atomic E-state index is 0.644. The van der Waals surface area contributed by atoms with Gasteiger partial charge in [0, 0.05) is 12.2 Å². The summed E-state index contributed by atoms with van der Waals surface area (Å²) in [5, 5.41) is 3.30. The number of nitrogens with one attached hydrogen (secondary N) is 1. The van der Waals surface area contributed by atoms with Crippen molar-refractivity contribution in [2.45, 2.75) is 0 Å². The Morgan fingerprint density at radius 3 is 2.32 bits per heavy atom. The topological polar surface area (TPSA) is 21.3 Å². The van der Waals surface area contributed by atoms with E-state index in [1.165, 1.54) is 5.56 Å². The molecule has 2 rings (SSSR count). The maximum Gasteiger partial charge on any atom is 0.0651 e. The van der Waals surface area contributed by atoms with Gasteiger partial charge in [0.05, 0.1) is 13.2 Å². The quantitative estimate of drug-likeness (QED) is 0.757. The highest BCUT2D eigenvalue weighted by atomic mass is 16.5. The molecular formula is C17H19NO. The van der Waals surface area contributed by atoms with Crippen LogP contribution in [-0.4, -0.2) is 19.8 Å². The molecule has 1 N–H and O–H groups in total. The average molecular weight is 253 g/mol. The SMILES string of the molecule is C(=Cc1ccccc1)COCCNc1ccccc1. The van der Waals surface area contributed by atoms with Crippen molar-refractivity contribution < 1.29 is 4.74 Å². The summed E-state index contributed by atoms with van der Waals surface area (Å²) in [5.74, 6) is 0. The fourth-order valence-corrected chi connectivity index (χ4v) is 1.72. The molecule has 0 spiro atoms. The fraction of sp³-hybridized carbons (Fsp3) is 0.176. The van der Waals surface area contributed by atoms with Crippen LogP contribution in [0.3, 0.4) is 0 Å². The Balaban J connectivity index is 1.56. The van der Waals surface area contributed by atoms with E-state index in [1.54, 1.807) is 0 Å². The van der Waals surface area contributed by atoms with Gasteiger partial charge in [0.2, 0.25) is 0 Å². The molecule has 0 saturated heterocycles. The lowest BCUT2D eigenvalue weighted by atomic mass is 10.2. The molecule has 0 heterocycles. The van der Waals surface area contributed by atoms with Gasteiger partial charge in [-0.15, -0.1) is 0 Å². The van der Waals surface area contributed by atoms with Gasteiger partial charge in [0.15, 0.2) is 0 Å². The number of rotatable bonds is 7. The second-order valence-electron chi connectivity index (χ2n) is 4.18. The number of ether oxygens (including phenoxy) is 1. The van der Waals surface area contributed by atoms with Crippen molar-refractivity contribution in [1.82, 2.24) is 0 Å². The van der Waals surface area contributed by atoms with Crippen LogP contribution in [-0.2, 0) is 4.74 Å². The van der Waals surface area contributed by atoms with E-state index in [0.29, 0.717) is 13.2 Å². The molecular weight excluding hydrogens is 234 g/mol. The molecule has 0 bridgehead atoms. The zero-order valence-corrected chi connectivity index (χ0v) is 11.0. The van der Waals surface area contributed by atoms with Crippen LogP contribution in [0.25, 0.3) is 6.08 Å². The van der Waals surface area contributed by atoms with Gasteiger partial charge in [-0.1, -0.05) is 60.7 Å². The van der Waals surface area contributed by atoms with E-state index in [1.807, 2.05) is 42.5 Å². The third-order valence-corrected chi connectivity index (χ3v) is 2.67. The highest BCUT2D eigenvalue weighted by Gasteiger charge is 1.89. The minimum Gasteiger partial charge on any atom is -0.383 e. The zero-order chi connectivity index (χ0) is 13.2. The molecule has 0 unspecified atom stereocenters. The molecule has 2 heteroatoms. The first kappa shape index (κ1) is 13.4. The predicted molar refractivity (Wildman–Crippen MR) is 81.2 cm³/mol. The molecule has 0 aliphatic heterocycles. The van der Waals surface area contributed by atoms with E-state index < -0.39 is 0 Å². The summed E-state index contributed by atoms with van der Waals surface area (Å²) in [6.07, 6.45) is 4.11. The van der Waals surface area contributed by atoms with Gasteiger partial charge in [-0.2, -0.15) is 0 Å². The van der Waals surface area contributed by atoms with Gasteiger partial charge in [-0.05, 0) is 17.7 Å². The molecule has 0 aliphatic carbocycles. The van der Waals surface area contributed by atoms with E-state index in [-0.39, 0.29) is 0 Å². The van der Waals surface area contributed by atoms with E-state index >= 15 is 0 Å². The lowest BCUT2D eigenvalue weighted by Gasteiger charge is -2.05. The Bertz CT molecular complexity index is 479. The van der Waals surface area contributed by atoms with E-state index in [0.717, 1.165) is 12.2 Å². The minimum atomic E-state index is 0.644. The molecule has 0 atom stereocenters. The van der Waals surface area contributed by atoms with Crippen molar-refractivity contribution in [3.63, 3.8) is 0 Å². The molecule has 0 fully saturated rings. The summed E-state index contributed by atoms with van der Waals surface area (Å²) in [5.41, 5.74) is 2.33. The van der Waals surface area contributed by atoms with Crippen LogP contribution in [0.1, 0.15) is 5.56 Å². The van der Waals surface area contributed by atoms with Crippen LogP contribution in [0.4, 0.5) is 5.69 Å². The Labute approximate surface area is 114 Å². The Morgan fingerprint density at radius 1 is 0.895 bits per heavy atom. The van der Waals surface area contributed by atoms with Crippen LogP contribution in [0.5, 0.6) is 0 Å². The first-order valence-electron chi connectivity index (χ1n) is 6.53. The van der Waals surface area contributed by atoms with Crippen LogP contribution >= 0.6 is 0 Å². The number of hydrogen-bond acceptors (Lipinski definition) is 2. The van der Waals surface area contributed by atoms with Crippen molar-refractivity contribution >= 4 is 11.8 Å². The summed E-state index contributed by atoms with van der Waals surface area (Å²) in [4.78, 5) is 0. The van der Waals surface area contributed by atoms with E-state index in [9.17, 15) is 0 Å². The number of para-hydroxylation sites is 1. The summed E-state index contributed by atoms with van der Waals surface area (Å²) in [6.45, 7) is 2.17. The van der Waals surface area contributed by atoms with Gasteiger partial charge >= 0.3 is 0 Å². The van der Waals surface area contributed by atoms with Crippen LogP contribution in [0, 0.1) is 0 Å². The maximum atomic E-state index is 5.53. The fourth-order valence-electron chi connectivity index (χ4n) is 1.72. The molecule has 0 radical (unpaired) electrons. The van der Waals surface area contributed by atoms with Crippen molar-refractivity contribution in [2.75, 3.05) is 25.1 Å². The first-order chi connectivity index (χ1) is 9.45. The largest absolute Gasteiger partial charge is 0.383 e. The third-order valence-electron chi connectivity index (χ3n) is 2.67. The molecule has 2 aromatic carbocycles. The molecule has 0 aliphatic rings. The Hall–Kier alpha value is -2.06. The number of hydrogen-bond donors (Lipinski definition) is 1. The first-order valence-corrected chi connectivity index (χ1v) is 6.53. The van der Waals surface area contributed by atoms with Crippen molar-refractivity contribution in [2.24, 2.45) is 0 Å². The summed E-state index contributed by atoms with van der Waals surface area (Å²) in [7, 11) is 0. The van der Waals surface area contributed by atoms with Crippen LogP contribution < -0.4 is 5.32 Å². The Morgan fingerprint density at radius 2 is 1.58 bits per heavy atom. The smallest absolute Gasteiger partial charge is 0.0651 e. The van der Waals surface area contributed by atoms with Crippen molar-refractivity contribution in [3.05, 3.63) is 72.3 Å². The number of anilines is 1. The lowest BCUT2D eigenvalue weighted by molar-refractivity contribution is 0.174. The molecule has 2 aromatic rings. The normalized spacial score (nSPS) is 10.7. The lowest BCUT2D eigenvalue weighted by Crippen LogP contribution is -2.09. The second kappa shape index (κ2) is 8.11. The highest BCUT2D eigenvalue weighted by molar-refractivity contribution is 5.48. The summed E-state index contributed by atoms with van der Waals surface area (Å²) < 4.78 is 5.53. The molecule has 2 nitrogen and oxygen atoms in total. The second-order valence-corrected chi connectivity index (χ2v) is 4.18. The Kier molecular flexibility index (Phi) is 5.71. The molecule has 19 heavy (non-hydrogen) atoms. The molecule has 98 valence electrons. The monoisotopic (exact) mass is 253 g/mol. The summed E-state index contributed by atoms with van der Waals surface area (Å²) >= 11 is 0. The average Bonchev–Trinajstić information content (AvgIpc) is 2.48. The van der Waals surface area contributed by atoms with Gasteiger partial charge in [-0.3, -0.25) is 0 Å². The third kappa shape index (κ3) is 5.40. The van der Waals surface area contributed by atoms with E-state index in [4.69, 9.17) is 4.74 Å². The highest BCUT2D eigenvalue weighted by Crippen LogP contribution is 2.04. The molecule has 0 amide bonds. The molecule has 0 saturated carbocycles. The van der Waals surface area contributed by atoms with Crippen molar-refractivity contribution in [1.29, 1.82) is 0 Å². The molecule has 0 aromatic heterocycles. The van der Waals surface area contributed by atoms with Crippen molar-refractivity contribution in [3.8, 4) is 0 Å². The van der Waals surface area contributed by atoms with Gasteiger partial charge < -0.3 is 10.1 Å². The summed E-state index contributed by atoms with van der Waals surface area (Å²) in [6, 6.07) is 20.4. The number of benzene rings is 2. The van der Waals surface area contributed by atoms with E-state index in [2.05, 4.69) is 35.7 Å². The zero-order valence-electron chi connectivity index (χ0n) is 11.0. The predicted octanol–water partition coefficient (Wildman–Crippen LogP) is 3.83. The van der Waals surface area contributed by atoms with Crippen LogP contribution in [0.15, 0.2) is 66.7 Å². The van der Waals surface area contributed by atoms with Gasteiger partial charge in [0.1, 0.15) is 0 Å². The standard InChI is InChI=1S/C17H19NO/c1-3-8-16(9-4-1)10-7-14-19-15-13-18-17-11-5-2-6-12-17/h1-12,18H,13-15H2. The van der Waals surface area contributed by atoms with Gasteiger partial charge in [-0.25, -0.2) is 0 Å². The van der Waals surface area contributed by atoms with Crippen LogP contribution in [0.2, 0.25) is 0 Å². The maximum absolute atomic E-state index is 5.53.